The minimum Gasteiger partial charge on any atom is -0.496 e. The van der Waals surface area contributed by atoms with E-state index in [0.29, 0.717) is 46.3 Å². The second-order valence-corrected chi connectivity index (χ2v) is 9.55. The molecule has 8 nitrogen and oxygen atoms in total. The molecule has 0 saturated heterocycles. The van der Waals surface area contributed by atoms with Crippen LogP contribution in [0, 0.1) is 5.92 Å². The highest BCUT2D eigenvalue weighted by Gasteiger charge is 2.17. The van der Waals surface area contributed by atoms with Gasteiger partial charge >= 0.3 is 0 Å². The van der Waals surface area contributed by atoms with Crippen molar-refractivity contribution < 1.29 is 18.6 Å². The zero-order chi connectivity index (χ0) is 22.2. The SMILES string of the molecule is COc1cc(OCc2csc(CC(C)C)n2)c2cc(-c3cn4nc(OC)sc4n3)oc2c1. The van der Waals surface area contributed by atoms with Crippen LogP contribution < -0.4 is 14.2 Å². The zero-order valence-electron chi connectivity index (χ0n) is 18.1. The fourth-order valence-electron chi connectivity index (χ4n) is 3.34. The lowest BCUT2D eigenvalue weighted by Gasteiger charge is -2.08. The van der Waals surface area contributed by atoms with Crippen LogP contribution in [0.25, 0.3) is 27.4 Å². The summed E-state index contributed by atoms with van der Waals surface area (Å²) in [6.07, 6.45) is 2.79. The first-order valence-electron chi connectivity index (χ1n) is 10.1. The monoisotopic (exact) mass is 470 g/mol. The molecule has 0 bridgehead atoms. The Hall–Kier alpha value is -3.11. The van der Waals surface area contributed by atoms with Gasteiger partial charge in [-0.1, -0.05) is 13.8 Å². The summed E-state index contributed by atoms with van der Waals surface area (Å²) in [6.45, 7) is 4.76. The number of thiazole rings is 1. The quantitative estimate of drug-likeness (QED) is 0.298. The average Bonchev–Trinajstić information content (AvgIpc) is 3.53. The maximum atomic E-state index is 6.14. The largest absolute Gasteiger partial charge is 0.496 e. The van der Waals surface area contributed by atoms with Gasteiger partial charge in [0, 0.05) is 23.9 Å². The molecule has 5 rings (SSSR count). The number of hydrogen-bond acceptors (Lipinski definition) is 9. The molecule has 0 atom stereocenters. The molecule has 0 aliphatic carbocycles. The Morgan fingerprint density at radius 1 is 1.12 bits per heavy atom. The molecular weight excluding hydrogens is 448 g/mol. The van der Waals surface area contributed by atoms with Crippen molar-refractivity contribution in [3.63, 3.8) is 0 Å². The fourth-order valence-corrected chi connectivity index (χ4v) is 5.03. The first-order valence-corrected chi connectivity index (χ1v) is 11.8. The van der Waals surface area contributed by atoms with Gasteiger partial charge in [0.25, 0.3) is 5.19 Å². The molecule has 166 valence electrons. The highest BCUT2D eigenvalue weighted by Crippen LogP contribution is 2.37. The first-order chi connectivity index (χ1) is 15.5. The highest BCUT2D eigenvalue weighted by molar-refractivity contribution is 7.18. The lowest BCUT2D eigenvalue weighted by atomic mass is 10.1. The summed E-state index contributed by atoms with van der Waals surface area (Å²) in [5.74, 6) is 2.53. The number of aromatic nitrogens is 4. The number of furan rings is 1. The van der Waals surface area contributed by atoms with Crippen LogP contribution in [0.3, 0.4) is 0 Å². The van der Waals surface area contributed by atoms with E-state index < -0.39 is 0 Å². The summed E-state index contributed by atoms with van der Waals surface area (Å²) in [7, 11) is 3.21. The molecule has 10 heteroatoms. The Balaban J connectivity index is 1.44. The zero-order valence-corrected chi connectivity index (χ0v) is 19.7. The van der Waals surface area contributed by atoms with Gasteiger partial charge < -0.3 is 18.6 Å². The number of methoxy groups -OCH3 is 2. The third kappa shape index (κ3) is 4.03. The number of benzene rings is 1. The molecule has 0 saturated carbocycles. The molecule has 4 aromatic heterocycles. The summed E-state index contributed by atoms with van der Waals surface area (Å²) in [5.41, 5.74) is 2.26. The molecule has 0 aliphatic heterocycles. The summed E-state index contributed by atoms with van der Waals surface area (Å²) >= 11 is 3.04. The summed E-state index contributed by atoms with van der Waals surface area (Å²) in [4.78, 5) is 10.0. The Kier molecular flexibility index (Phi) is 5.48. The summed E-state index contributed by atoms with van der Waals surface area (Å²) < 4.78 is 24.5. The van der Waals surface area contributed by atoms with Crippen molar-refractivity contribution in [2.24, 2.45) is 5.92 Å². The molecule has 32 heavy (non-hydrogen) atoms. The number of imidazole rings is 1. The van der Waals surface area contributed by atoms with E-state index in [4.69, 9.17) is 18.6 Å². The van der Waals surface area contributed by atoms with E-state index in [9.17, 15) is 0 Å². The van der Waals surface area contributed by atoms with Crippen molar-refractivity contribution in [2.45, 2.75) is 26.9 Å². The number of rotatable bonds is 8. The van der Waals surface area contributed by atoms with E-state index in [1.54, 1.807) is 30.1 Å². The third-order valence-corrected chi connectivity index (χ3v) is 6.62. The van der Waals surface area contributed by atoms with Crippen LogP contribution in [0.1, 0.15) is 24.5 Å². The smallest absolute Gasteiger partial charge is 0.294 e. The Labute approximate surface area is 192 Å². The van der Waals surface area contributed by atoms with Gasteiger partial charge in [0.05, 0.1) is 36.5 Å². The highest BCUT2D eigenvalue weighted by atomic mass is 32.1. The van der Waals surface area contributed by atoms with E-state index in [1.165, 1.54) is 11.3 Å². The minimum atomic E-state index is 0.376. The van der Waals surface area contributed by atoms with Crippen LogP contribution in [0.15, 0.2) is 34.2 Å². The number of fused-ring (bicyclic) bond motifs is 2. The van der Waals surface area contributed by atoms with Crippen molar-refractivity contribution in [1.82, 2.24) is 19.6 Å². The van der Waals surface area contributed by atoms with E-state index in [-0.39, 0.29) is 0 Å². The van der Waals surface area contributed by atoms with Gasteiger partial charge in [-0.2, -0.15) is 0 Å². The maximum Gasteiger partial charge on any atom is 0.294 e. The molecular formula is C22H22N4O4S2. The van der Waals surface area contributed by atoms with Crippen LogP contribution in [0.2, 0.25) is 0 Å². The maximum absolute atomic E-state index is 6.14. The van der Waals surface area contributed by atoms with Gasteiger partial charge in [0.1, 0.15) is 29.4 Å². The molecule has 5 aromatic rings. The lowest BCUT2D eigenvalue weighted by molar-refractivity contribution is 0.303. The molecule has 0 unspecified atom stereocenters. The first kappa shape index (κ1) is 20.8. The summed E-state index contributed by atoms with van der Waals surface area (Å²) in [5, 5.41) is 8.90. The average molecular weight is 471 g/mol. The van der Waals surface area contributed by atoms with Crippen molar-refractivity contribution >= 4 is 38.6 Å². The van der Waals surface area contributed by atoms with Gasteiger partial charge in [-0.3, -0.25) is 0 Å². The number of ether oxygens (including phenoxy) is 3. The second kappa shape index (κ2) is 8.44. The van der Waals surface area contributed by atoms with Gasteiger partial charge in [0.15, 0.2) is 5.76 Å². The molecule has 0 radical (unpaired) electrons. The van der Waals surface area contributed by atoms with Crippen molar-refractivity contribution in [3.8, 4) is 28.1 Å². The van der Waals surface area contributed by atoms with Crippen LogP contribution >= 0.6 is 22.7 Å². The molecule has 0 amide bonds. The van der Waals surface area contributed by atoms with E-state index in [2.05, 4.69) is 34.3 Å². The van der Waals surface area contributed by atoms with Gasteiger partial charge in [0.2, 0.25) is 4.96 Å². The van der Waals surface area contributed by atoms with Crippen LogP contribution in [-0.4, -0.2) is 33.8 Å². The Morgan fingerprint density at radius 3 is 2.75 bits per heavy atom. The second-order valence-electron chi connectivity index (χ2n) is 7.69. The van der Waals surface area contributed by atoms with E-state index in [1.807, 2.05) is 24.4 Å². The van der Waals surface area contributed by atoms with Gasteiger partial charge in [-0.25, -0.2) is 14.5 Å². The van der Waals surface area contributed by atoms with Crippen LogP contribution in [0.4, 0.5) is 0 Å². The van der Waals surface area contributed by atoms with Gasteiger partial charge in [-0.05, 0) is 23.3 Å². The lowest BCUT2D eigenvalue weighted by Crippen LogP contribution is -1.98. The molecule has 0 fully saturated rings. The molecule has 0 N–H and O–H groups in total. The van der Waals surface area contributed by atoms with E-state index >= 15 is 0 Å². The van der Waals surface area contributed by atoms with Gasteiger partial charge in [-0.15, -0.1) is 16.4 Å². The van der Waals surface area contributed by atoms with E-state index in [0.717, 1.165) is 27.5 Å². The summed E-state index contributed by atoms with van der Waals surface area (Å²) in [6, 6.07) is 5.63. The molecule has 0 aliphatic rings. The Morgan fingerprint density at radius 2 is 2.00 bits per heavy atom. The van der Waals surface area contributed by atoms with Crippen molar-refractivity contribution in [1.29, 1.82) is 0 Å². The fraction of sp³-hybridized carbons (Fsp3) is 0.318. The topological polar surface area (TPSA) is 83.9 Å². The number of nitrogens with zero attached hydrogens (tertiary/aromatic N) is 4. The minimum absolute atomic E-state index is 0.376. The Bertz CT molecular complexity index is 1350. The third-order valence-electron chi connectivity index (χ3n) is 4.82. The number of hydrogen-bond donors (Lipinski definition) is 0. The molecule has 1 aromatic carbocycles. The molecule has 4 heterocycles. The molecule has 0 spiro atoms. The standard InChI is InChI=1S/C22H22N4O4S2/c1-12(2)5-20-23-13(11-31-20)10-29-17-6-14(27-3)7-18-15(17)8-19(30-18)16-9-26-21(24-16)32-22(25-26)28-4/h6-9,11-12H,5,10H2,1-4H3. The predicted octanol–water partition coefficient (Wildman–Crippen LogP) is 5.46. The normalized spacial score (nSPS) is 11.7. The van der Waals surface area contributed by atoms with Crippen LogP contribution in [-0.2, 0) is 13.0 Å². The van der Waals surface area contributed by atoms with Crippen LogP contribution in [0.5, 0.6) is 16.7 Å². The van der Waals surface area contributed by atoms with Crippen molar-refractivity contribution in [2.75, 3.05) is 14.2 Å². The van der Waals surface area contributed by atoms with Crippen molar-refractivity contribution in [3.05, 3.63) is 40.5 Å². The predicted molar refractivity (Wildman–Crippen MR) is 124 cm³/mol.